The van der Waals surface area contributed by atoms with Crippen molar-refractivity contribution in [2.75, 3.05) is 0 Å². The maximum atomic E-state index is 13.2. The largest absolute Gasteiger partial charge is 0.361 e. The summed E-state index contributed by atoms with van der Waals surface area (Å²) < 4.78 is 15.4. The minimum atomic E-state index is -0.294. The van der Waals surface area contributed by atoms with E-state index in [1.165, 1.54) is 18.6 Å². The molecule has 130 valence electrons. The molecule has 0 saturated carbocycles. The SMILES string of the molecule is O=C(Cc1c[nH]c2cc(F)ccc12)NCc1nnc2n1CCCCC2. The molecule has 2 aromatic heterocycles. The van der Waals surface area contributed by atoms with Crippen LogP contribution < -0.4 is 5.32 Å². The smallest absolute Gasteiger partial charge is 0.224 e. The molecule has 2 N–H and O–H groups in total. The van der Waals surface area contributed by atoms with Gasteiger partial charge in [-0.15, -0.1) is 10.2 Å². The van der Waals surface area contributed by atoms with Crippen molar-refractivity contribution in [1.82, 2.24) is 25.1 Å². The van der Waals surface area contributed by atoms with Crippen molar-refractivity contribution in [1.29, 1.82) is 0 Å². The third kappa shape index (κ3) is 3.26. The van der Waals surface area contributed by atoms with Crippen LogP contribution >= 0.6 is 0 Å². The normalized spacial score (nSPS) is 14.3. The third-order valence-corrected chi connectivity index (χ3v) is 4.71. The summed E-state index contributed by atoms with van der Waals surface area (Å²) in [5.41, 5.74) is 1.55. The number of carbonyl (C=O) groups excluding carboxylic acids is 1. The van der Waals surface area contributed by atoms with Crippen molar-refractivity contribution in [3.05, 3.63) is 47.4 Å². The quantitative estimate of drug-likeness (QED) is 0.765. The Kier molecular flexibility index (Phi) is 4.21. The Hall–Kier alpha value is -2.70. The minimum absolute atomic E-state index is 0.0869. The van der Waals surface area contributed by atoms with Gasteiger partial charge in [0.2, 0.25) is 5.91 Å². The molecule has 6 nitrogen and oxygen atoms in total. The van der Waals surface area contributed by atoms with Crippen LogP contribution in [0.2, 0.25) is 0 Å². The zero-order valence-electron chi connectivity index (χ0n) is 13.9. The molecule has 1 amide bonds. The zero-order valence-corrected chi connectivity index (χ0v) is 13.9. The Bertz CT molecular complexity index is 913. The highest BCUT2D eigenvalue weighted by Gasteiger charge is 2.15. The molecule has 0 atom stereocenters. The Morgan fingerprint density at radius 1 is 1.28 bits per heavy atom. The number of carbonyl (C=O) groups is 1. The summed E-state index contributed by atoms with van der Waals surface area (Å²) >= 11 is 0. The van der Waals surface area contributed by atoms with E-state index < -0.39 is 0 Å². The number of rotatable bonds is 4. The van der Waals surface area contributed by atoms with Crippen LogP contribution in [0.15, 0.2) is 24.4 Å². The number of aromatic amines is 1. The first kappa shape index (κ1) is 15.8. The van der Waals surface area contributed by atoms with Gasteiger partial charge in [0, 0.05) is 30.1 Å². The molecule has 7 heteroatoms. The number of benzene rings is 1. The predicted octanol–water partition coefficient (Wildman–Crippen LogP) is 2.48. The van der Waals surface area contributed by atoms with Crippen LogP contribution in [0.25, 0.3) is 10.9 Å². The summed E-state index contributed by atoms with van der Waals surface area (Å²) in [4.78, 5) is 15.3. The second-order valence-electron chi connectivity index (χ2n) is 6.45. The molecule has 25 heavy (non-hydrogen) atoms. The highest BCUT2D eigenvalue weighted by Crippen LogP contribution is 2.20. The van der Waals surface area contributed by atoms with Gasteiger partial charge in [-0.05, 0) is 36.6 Å². The van der Waals surface area contributed by atoms with Crippen LogP contribution in [-0.2, 0) is 30.7 Å². The lowest BCUT2D eigenvalue weighted by Gasteiger charge is -2.08. The van der Waals surface area contributed by atoms with Crippen LogP contribution in [0.4, 0.5) is 4.39 Å². The molecule has 0 bridgehead atoms. The van der Waals surface area contributed by atoms with Crippen LogP contribution in [0, 0.1) is 5.82 Å². The first-order valence-electron chi connectivity index (χ1n) is 8.64. The van der Waals surface area contributed by atoms with Gasteiger partial charge in [-0.2, -0.15) is 0 Å². The summed E-state index contributed by atoms with van der Waals surface area (Å²) in [6.07, 6.45) is 6.42. The molecule has 1 aliphatic rings. The number of nitrogens with one attached hydrogen (secondary N) is 2. The number of hydrogen-bond donors (Lipinski definition) is 2. The highest BCUT2D eigenvalue weighted by molar-refractivity contribution is 5.88. The van der Waals surface area contributed by atoms with Crippen molar-refractivity contribution >= 4 is 16.8 Å². The number of H-pyrrole nitrogens is 1. The maximum Gasteiger partial charge on any atom is 0.224 e. The van der Waals surface area contributed by atoms with Gasteiger partial charge in [0.05, 0.1) is 13.0 Å². The van der Waals surface area contributed by atoms with Crippen molar-refractivity contribution in [3.63, 3.8) is 0 Å². The summed E-state index contributed by atoms with van der Waals surface area (Å²) in [5, 5.41) is 12.2. The zero-order chi connectivity index (χ0) is 17.2. The van der Waals surface area contributed by atoms with E-state index in [0.717, 1.165) is 48.4 Å². The monoisotopic (exact) mass is 341 g/mol. The number of fused-ring (bicyclic) bond motifs is 2. The van der Waals surface area contributed by atoms with Crippen molar-refractivity contribution in [2.24, 2.45) is 0 Å². The Morgan fingerprint density at radius 2 is 2.20 bits per heavy atom. The average molecular weight is 341 g/mol. The van der Waals surface area contributed by atoms with Gasteiger partial charge in [0.15, 0.2) is 5.82 Å². The molecular formula is C18H20FN5O. The van der Waals surface area contributed by atoms with E-state index in [9.17, 15) is 9.18 Å². The molecule has 3 heterocycles. The number of nitrogens with zero attached hydrogens (tertiary/aromatic N) is 3. The summed E-state index contributed by atoms with van der Waals surface area (Å²) in [7, 11) is 0. The lowest BCUT2D eigenvalue weighted by atomic mass is 10.1. The topological polar surface area (TPSA) is 75.6 Å². The van der Waals surface area contributed by atoms with Crippen LogP contribution in [0.3, 0.4) is 0 Å². The molecule has 0 spiro atoms. The van der Waals surface area contributed by atoms with E-state index in [2.05, 4.69) is 25.1 Å². The van der Waals surface area contributed by atoms with E-state index in [-0.39, 0.29) is 18.1 Å². The number of amides is 1. The fourth-order valence-electron chi connectivity index (χ4n) is 3.39. The van der Waals surface area contributed by atoms with E-state index in [1.54, 1.807) is 12.3 Å². The summed E-state index contributed by atoms with van der Waals surface area (Å²) in [6, 6.07) is 4.54. The molecule has 1 aromatic carbocycles. The Morgan fingerprint density at radius 3 is 3.12 bits per heavy atom. The molecule has 0 unspecified atom stereocenters. The van der Waals surface area contributed by atoms with Gasteiger partial charge < -0.3 is 14.9 Å². The van der Waals surface area contributed by atoms with Gasteiger partial charge in [0.1, 0.15) is 11.6 Å². The van der Waals surface area contributed by atoms with Gasteiger partial charge in [-0.3, -0.25) is 4.79 Å². The number of halogens is 1. The molecule has 1 aliphatic heterocycles. The second kappa shape index (κ2) is 6.66. The third-order valence-electron chi connectivity index (χ3n) is 4.71. The summed E-state index contributed by atoms with van der Waals surface area (Å²) in [5.74, 6) is 1.45. The van der Waals surface area contributed by atoms with Crippen LogP contribution in [0.1, 0.15) is 36.5 Å². The first-order chi connectivity index (χ1) is 12.2. The van der Waals surface area contributed by atoms with Gasteiger partial charge >= 0.3 is 0 Å². The fraction of sp³-hybridized carbons (Fsp3) is 0.389. The van der Waals surface area contributed by atoms with E-state index in [4.69, 9.17) is 0 Å². The molecule has 4 rings (SSSR count). The molecule has 3 aromatic rings. The lowest BCUT2D eigenvalue weighted by molar-refractivity contribution is -0.120. The van der Waals surface area contributed by atoms with Crippen molar-refractivity contribution < 1.29 is 9.18 Å². The highest BCUT2D eigenvalue weighted by atomic mass is 19.1. The molecule has 0 saturated heterocycles. The molecule has 0 fully saturated rings. The maximum absolute atomic E-state index is 13.2. The Labute approximate surface area is 144 Å². The minimum Gasteiger partial charge on any atom is -0.361 e. The molecule has 0 aliphatic carbocycles. The molecule has 0 radical (unpaired) electrons. The fourth-order valence-corrected chi connectivity index (χ4v) is 3.39. The number of aromatic nitrogens is 4. The average Bonchev–Trinajstić information content (AvgIpc) is 3.08. The van der Waals surface area contributed by atoms with Crippen molar-refractivity contribution in [2.45, 2.75) is 45.2 Å². The van der Waals surface area contributed by atoms with E-state index in [0.29, 0.717) is 12.1 Å². The first-order valence-corrected chi connectivity index (χ1v) is 8.64. The predicted molar refractivity (Wildman–Crippen MR) is 91.4 cm³/mol. The van der Waals surface area contributed by atoms with Crippen LogP contribution in [0.5, 0.6) is 0 Å². The van der Waals surface area contributed by atoms with Crippen LogP contribution in [-0.4, -0.2) is 25.7 Å². The standard InChI is InChI=1S/C18H20FN5O/c19-13-5-6-14-12(10-20-15(14)9-13)8-18(25)21-11-17-23-22-16-4-2-1-3-7-24(16)17/h5-6,9-10,20H,1-4,7-8,11H2,(H,21,25). The van der Waals surface area contributed by atoms with Gasteiger partial charge in [-0.1, -0.05) is 6.42 Å². The second-order valence-corrected chi connectivity index (χ2v) is 6.45. The van der Waals surface area contributed by atoms with Gasteiger partial charge in [0.25, 0.3) is 0 Å². The van der Waals surface area contributed by atoms with Gasteiger partial charge in [-0.25, -0.2) is 4.39 Å². The van der Waals surface area contributed by atoms with E-state index >= 15 is 0 Å². The Balaban J connectivity index is 1.42. The number of hydrogen-bond acceptors (Lipinski definition) is 3. The lowest BCUT2D eigenvalue weighted by Crippen LogP contribution is -2.26. The van der Waals surface area contributed by atoms with Crippen molar-refractivity contribution in [3.8, 4) is 0 Å². The molecular weight excluding hydrogens is 321 g/mol. The number of aryl methyl sites for hydroxylation is 1. The van der Waals surface area contributed by atoms with E-state index in [1.807, 2.05) is 0 Å². The summed E-state index contributed by atoms with van der Waals surface area (Å²) in [6.45, 7) is 1.30.